The molecule has 4 heteroatoms. The molecular weight excluding hydrogens is 585 g/mol. The molecule has 222 valence electrons. The third kappa shape index (κ3) is 4.07. The van der Waals surface area contributed by atoms with Gasteiger partial charge >= 0.3 is 0 Å². The molecule has 0 N–H and O–H groups in total. The van der Waals surface area contributed by atoms with Gasteiger partial charge in [-0.25, -0.2) is 0 Å². The van der Waals surface area contributed by atoms with Crippen LogP contribution >= 0.6 is 0 Å². The van der Waals surface area contributed by atoms with Crippen LogP contribution in [0.1, 0.15) is 11.1 Å². The summed E-state index contributed by atoms with van der Waals surface area (Å²) >= 11 is 0. The summed E-state index contributed by atoms with van der Waals surface area (Å²) in [6, 6.07) is 58.8. The van der Waals surface area contributed by atoms with Crippen molar-refractivity contribution in [1.82, 2.24) is 9.13 Å². The average Bonchev–Trinajstić information content (AvgIpc) is 3.67. The minimum Gasteiger partial charge on any atom is -0.309 e. The monoisotopic (exact) mass is 610 g/mol. The minimum absolute atomic E-state index is 0.595. The molecule has 0 fully saturated rings. The van der Waals surface area contributed by atoms with Gasteiger partial charge in [-0.15, -0.1) is 0 Å². The molecule has 4 nitrogen and oxygen atoms in total. The summed E-state index contributed by atoms with van der Waals surface area (Å²) in [7, 11) is 0. The fourth-order valence-corrected chi connectivity index (χ4v) is 7.34. The maximum absolute atomic E-state index is 10.5. The van der Waals surface area contributed by atoms with E-state index < -0.39 is 0 Å². The second kappa shape index (κ2) is 10.9. The molecule has 0 unspecified atom stereocenters. The topological polar surface area (TPSA) is 57.4 Å². The van der Waals surface area contributed by atoms with Crippen LogP contribution < -0.4 is 0 Å². The predicted octanol–water partition coefficient (Wildman–Crippen LogP) is 11.0. The van der Waals surface area contributed by atoms with Gasteiger partial charge in [0.1, 0.15) is 6.07 Å². The zero-order chi connectivity index (χ0) is 32.2. The molecule has 0 saturated heterocycles. The standard InChI is InChI=1S/C44H26N4/c45-27-31-13-10-18-35(44(31)48-42-21-7-3-16-38(42)39-17-4-8-22-43(39)48)30-12-9-11-29(25-30)34-24-23-33(26-32(34)28-46)47-40-19-5-1-14-36(40)37-15-2-6-20-41(37)47/h1-26H. The summed E-state index contributed by atoms with van der Waals surface area (Å²) < 4.78 is 4.45. The summed E-state index contributed by atoms with van der Waals surface area (Å²) in [4.78, 5) is 0. The van der Waals surface area contributed by atoms with E-state index in [9.17, 15) is 10.5 Å². The maximum Gasteiger partial charge on any atom is 0.101 e. The van der Waals surface area contributed by atoms with E-state index in [1.54, 1.807) is 0 Å². The third-order valence-corrected chi connectivity index (χ3v) is 9.41. The van der Waals surface area contributed by atoms with Gasteiger partial charge in [0.2, 0.25) is 0 Å². The first-order chi connectivity index (χ1) is 23.7. The number of hydrogen-bond acceptors (Lipinski definition) is 2. The number of rotatable bonds is 4. The zero-order valence-corrected chi connectivity index (χ0v) is 25.8. The van der Waals surface area contributed by atoms with E-state index in [0.29, 0.717) is 11.1 Å². The Hall–Kier alpha value is -6.88. The smallest absolute Gasteiger partial charge is 0.101 e. The van der Waals surface area contributed by atoms with Gasteiger partial charge in [0.25, 0.3) is 0 Å². The summed E-state index contributed by atoms with van der Waals surface area (Å²) in [6.07, 6.45) is 0. The van der Waals surface area contributed by atoms with Crippen molar-refractivity contribution in [2.45, 2.75) is 0 Å². The molecule has 2 aromatic heterocycles. The van der Waals surface area contributed by atoms with E-state index in [2.05, 4.69) is 137 Å². The first-order valence-electron chi connectivity index (χ1n) is 15.9. The fourth-order valence-electron chi connectivity index (χ4n) is 7.34. The highest BCUT2D eigenvalue weighted by atomic mass is 15.0. The molecule has 7 aromatic carbocycles. The number of aromatic nitrogens is 2. The lowest BCUT2D eigenvalue weighted by Crippen LogP contribution is -2.01. The van der Waals surface area contributed by atoms with E-state index in [1.807, 2.05) is 42.5 Å². The predicted molar refractivity (Wildman–Crippen MR) is 195 cm³/mol. The van der Waals surface area contributed by atoms with Crippen LogP contribution in [-0.2, 0) is 0 Å². The number of para-hydroxylation sites is 5. The van der Waals surface area contributed by atoms with Crippen LogP contribution in [0.5, 0.6) is 0 Å². The SMILES string of the molecule is N#Cc1cc(-n2c3ccccc3c3ccccc32)ccc1-c1cccc(-c2cccc(C#N)c2-n2c3ccccc3c3ccccc32)c1. The van der Waals surface area contributed by atoms with E-state index in [1.165, 1.54) is 10.8 Å². The van der Waals surface area contributed by atoms with Gasteiger partial charge < -0.3 is 9.13 Å². The summed E-state index contributed by atoms with van der Waals surface area (Å²) in [6.45, 7) is 0. The second-order valence-electron chi connectivity index (χ2n) is 12.0. The van der Waals surface area contributed by atoms with Crippen LogP contribution in [0.4, 0.5) is 0 Å². The molecule has 0 bridgehead atoms. The van der Waals surface area contributed by atoms with Crippen molar-refractivity contribution < 1.29 is 0 Å². The van der Waals surface area contributed by atoms with Gasteiger partial charge in [-0.05, 0) is 65.2 Å². The highest BCUT2D eigenvalue weighted by Crippen LogP contribution is 2.39. The van der Waals surface area contributed by atoms with Gasteiger partial charge in [0, 0.05) is 32.8 Å². The van der Waals surface area contributed by atoms with Crippen molar-refractivity contribution in [3.63, 3.8) is 0 Å². The molecule has 0 aliphatic rings. The van der Waals surface area contributed by atoms with Gasteiger partial charge in [-0.2, -0.15) is 10.5 Å². The Labute approximate surface area is 277 Å². The molecule has 0 atom stereocenters. The van der Waals surface area contributed by atoms with Crippen molar-refractivity contribution in [2.24, 2.45) is 0 Å². The number of hydrogen-bond donors (Lipinski definition) is 0. The van der Waals surface area contributed by atoms with E-state index >= 15 is 0 Å². The molecular formula is C44H26N4. The Bertz CT molecular complexity index is 2710. The van der Waals surface area contributed by atoms with Crippen molar-refractivity contribution >= 4 is 43.6 Å². The van der Waals surface area contributed by atoms with Gasteiger partial charge in [0.05, 0.1) is 45.0 Å². The van der Waals surface area contributed by atoms with Crippen molar-refractivity contribution in [3.05, 3.63) is 169 Å². The average molecular weight is 611 g/mol. The lowest BCUT2D eigenvalue weighted by atomic mass is 9.94. The van der Waals surface area contributed by atoms with E-state index in [-0.39, 0.29) is 0 Å². The molecule has 0 aliphatic heterocycles. The molecule has 9 rings (SSSR count). The minimum atomic E-state index is 0.595. The molecule has 0 radical (unpaired) electrons. The van der Waals surface area contributed by atoms with Crippen LogP contribution in [-0.4, -0.2) is 9.13 Å². The molecule has 0 saturated carbocycles. The maximum atomic E-state index is 10.5. The highest BCUT2D eigenvalue weighted by molar-refractivity contribution is 6.10. The Balaban J connectivity index is 1.22. The van der Waals surface area contributed by atoms with Crippen molar-refractivity contribution in [3.8, 4) is 45.8 Å². The van der Waals surface area contributed by atoms with Crippen molar-refractivity contribution in [2.75, 3.05) is 0 Å². The molecule has 0 amide bonds. The molecule has 0 aliphatic carbocycles. The van der Waals surface area contributed by atoms with Crippen LogP contribution in [0.25, 0.3) is 77.2 Å². The quantitative estimate of drug-likeness (QED) is 0.199. The van der Waals surface area contributed by atoms with Crippen LogP contribution in [0.15, 0.2) is 158 Å². The fraction of sp³-hybridized carbons (Fsp3) is 0. The second-order valence-corrected chi connectivity index (χ2v) is 12.0. The number of fused-ring (bicyclic) bond motifs is 6. The van der Waals surface area contributed by atoms with Crippen molar-refractivity contribution in [1.29, 1.82) is 10.5 Å². The van der Waals surface area contributed by atoms with Gasteiger partial charge in [-0.3, -0.25) is 0 Å². The lowest BCUT2D eigenvalue weighted by molar-refractivity contribution is 1.17. The summed E-state index contributed by atoms with van der Waals surface area (Å²) in [5.74, 6) is 0. The Morgan fingerprint density at radius 3 is 1.40 bits per heavy atom. The Morgan fingerprint density at radius 1 is 0.375 bits per heavy atom. The lowest BCUT2D eigenvalue weighted by Gasteiger charge is -2.17. The molecule has 0 spiro atoms. The van der Waals surface area contributed by atoms with Crippen LogP contribution in [0.3, 0.4) is 0 Å². The first kappa shape index (κ1) is 27.4. The number of nitriles is 2. The Morgan fingerprint density at radius 2 is 0.854 bits per heavy atom. The van der Waals surface area contributed by atoms with E-state index in [0.717, 1.165) is 66.5 Å². The van der Waals surface area contributed by atoms with Gasteiger partial charge in [0.15, 0.2) is 0 Å². The number of benzene rings is 7. The van der Waals surface area contributed by atoms with Crippen LogP contribution in [0, 0.1) is 22.7 Å². The largest absolute Gasteiger partial charge is 0.309 e. The summed E-state index contributed by atoms with van der Waals surface area (Å²) in [5.41, 5.74) is 11.0. The van der Waals surface area contributed by atoms with Gasteiger partial charge in [-0.1, -0.05) is 109 Å². The molecule has 9 aromatic rings. The third-order valence-electron chi connectivity index (χ3n) is 9.41. The normalized spacial score (nSPS) is 11.3. The van der Waals surface area contributed by atoms with E-state index in [4.69, 9.17) is 0 Å². The number of nitrogens with zero attached hydrogens (tertiary/aromatic N) is 4. The Kier molecular flexibility index (Phi) is 6.22. The van der Waals surface area contributed by atoms with Crippen LogP contribution in [0.2, 0.25) is 0 Å². The highest BCUT2D eigenvalue weighted by Gasteiger charge is 2.19. The summed E-state index contributed by atoms with van der Waals surface area (Å²) in [5, 5.41) is 25.5. The first-order valence-corrected chi connectivity index (χ1v) is 15.9. The molecule has 2 heterocycles. The molecule has 48 heavy (non-hydrogen) atoms. The zero-order valence-electron chi connectivity index (χ0n) is 25.8.